The highest BCUT2D eigenvalue weighted by molar-refractivity contribution is 7.85. The van der Waals surface area contributed by atoms with Crippen molar-refractivity contribution in [1.29, 1.82) is 0 Å². The van der Waals surface area contributed by atoms with Crippen LogP contribution in [0, 0.1) is 0 Å². The third-order valence-electron chi connectivity index (χ3n) is 4.25. The molecule has 0 bridgehead atoms. The van der Waals surface area contributed by atoms with Crippen LogP contribution >= 0.6 is 0 Å². The SMILES string of the molecule is CCCCCC[N+](C)(CCCCS(=O)(=O)O)CCOCCOCC. The summed E-state index contributed by atoms with van der Waals surface area (Å²) in [6.07, 6.45) is 6.20. The summed E-state index contributed by atoms with van der Waals surface area (Å²) in [4.78, 5) is 0. The van der Waals surface area contributed by atoms with Crippen LogP contribution in [0.15, 0.2) is 0 Å². The summed E-state index contributed by atoms with van der Waals surface area (Å²) in [6, 6.07) is 0. The van der Waals surface area contributed by atoms with E-state index in [0.29, 0.717) is 32.8 Å². The summed E-state index contributed by atoms with van der Waals surface area (Å²) in [5, 5.41) is 0. The Hall–Kier alpha value is -0.210. The van der Waals surface area contributed by atoms with E-state index in [2.05, 4.69) is 14.0 Å². The fourth-order valence-corrected chi connectivity index (χ4v) is 3.25. The van der Waals surface area contributed by atoms with Crippen LogP contribution in [0.2, 0.25) is 0 Å². The van der Waals surface area contributed by atoms with Crippen LogP contribution < -0.4 is 0 Å². The third-order valence-corrected chi connectivity index (χ3v) is 5.06. The van der Waals surface area contributed by atoms with Crippen molar-refractivity contribution in [1.82, 2.24) is 0 Å². The smallest absolute Gasteiger partial charge is 0.264 e. The molecule has 0 aliphatic carbocycles. The van der Waals surface area contributed by atoms with Crippen molar-refractivity contribution in [3.63, 3.8) is 0 Å². The minimum absolute atomic E-state index is 0.145. The van der Waals surface area contributed by atoms with Crippen LogP contribution in [0.5, 0.6) is 0 Å². The molecule has 146 valence electrons. The highest BCUT2D eigenvalue weighted by atomic mass is 32.2. The van der Waals surface area contributed by atoms with E-state index in [0.717, 1.165) is 30.5 Å². The molecular formula is C17H38NO5S+. The molecular weight excluding hydrogens is 330 g/mol. The van der Waals surface area contributed by atoms with Gasteiger partial charge >= 0.3 is 0 Å². The molecule has 0 amide bonds. The molecule has 0 aliphatic rings. The Morgan fingerprint density at radius 1 is 0.833 bits per heavy atom. The van der Waals surface area contributed by atoms with E-state index in [-0.39, 0.29) is 5.75 Å². The van der Waals surface area contributed by atoms with Gasteiger partial charge in [0, 0.05) is 6.61 Å². The van der Waals surface area contributed by atoms with Crippen molar-refractivity contribution in [2.75, 3.05) is 58.9 Å². The molecule has 6 nitrogen and oxygen atoms in total. The molecule has 0 rings (SSSR count). The number of quaternary nitrogens is 1. The van der Waals surface area contributed by atoms with Crippen LogP contribution in [0.4, 0.5) is 0 Å². The monoisotopic (exact) mass is 368 g/mol. The Bertz CT molecular complexity index is 388. The van der Waals surface area contributed by atoms with E-state index >= 15 is 0 Å². The molecule has 0 aromatic heterocycles. The Labute approximate surface area is 148 Å². The maximum Gasteiger partial charge on any atom is 0.264 e. The molecule has 0 fully saturated rings. The summed E-state index contributed by atoms with van der Waals surface area (Å²) in [5.74, 6) is -0.145. The molecule has 0 spiro atoms. The Kier molecular flexibility index (Phi) is 13.9. The van der Waals surface area contributed by atoms with Crippen molar-refractivity contribution in [2.24, 2.45) is 0 Å². The lowest BCUT2D eigenvalue weighted by molar-refractivity contribution is -0.910. The highest BCUT2D eigenvalue weighted by Gasteiger charge is 2.21. The number of ether oxygens (including phenoxy) is 2. The van der Waals surface area contributed by atoms with Gasteiger partial charge in [-0.3, -0.25) is 4.55 Å². The number of hydrogen-bond acceptors (Lipinski definition) is 4. The lowest BCUT2D eigenvalue weighted by Crippen LogP contribution is -2.48. The van der Waals surface area contributed by atoms with Gasteiger partial charge in [0.2, 0.25) is 0 Å². The standard InChI is InChI=1S/C17H37NO5S/c1-4-6-7-8-11-18(3,12-9-10-17-24(19,20)21)13-14-23-16-15-22-5-2/h4-17H2,1-3H3/p+1. The van der Waals surface area contributed by atoms with Crippen molar-refractivity contribution < 1.29 is 26.9 Å². The topological polar surface area (TPSA) is 72.8 Å². The molecule has 0 aromatic carbocycles. The van der Waals surface area contributed by atoms with Crippen LogP contribution in [0.25, 0.3) is 0 Å². The van der Waals surface area contributed by atoms with Gasteiger partial charge < -0.3 is 14.0 Å². The number of nitrogens with zero attached hydrogens (tertiary/aromatic N) is 1. The Morgan fingerprint density at radius 2 is 1.46 bits per heavy atom. The number of unbranched alkanes of at least 4 members (excludes halogenated alkanes) is 4. The van der Waals surface area contributed by atoms with Crippen molar-refractivity contribution in [3.05, 3.63) is 0 Å². The molecule has 7 heteroatoms. The number of hydrogen-bond donors (Lipinski definition) is 1. The summed E-state index contributed by atoms with van der Waals surface area (Å²) in [5.41, 5.74) is 0. The maximum absolute atomic E-state index is 10.8. The quantitative estimate of drug-likeness (QED) is 0.243. The van der Waals surface area contributed by atoms with E-state index in [1.165, 1.54) is 25.7 Å². The molecule has 1 N–H and O–H groups in total. The van der Waals surface area contributed by atoms with Gasteiger partial charge in [-0.15, -0.1) is 0 Å². The molecule has 24 heavy (non-hydrogen) atoms. The van der Waals surface area contributed by atoms with Gasteiger partial charge in [0.05, 0.1) is 45.7 Å². The van der Waals surface area contributed by atoms with E-state index < -0.39 is 10.1 Å². The summed E-state index contributed by atoms with van der Waals surface area (Å²) < 4.78 is 42.3. The zero-order valence-electron chi connectivity index (χ0n) is 15.8. The number of rotatable bonds is 17. The fourth-order valence-electron chi connectivity index (χ4n) is 2.68. The molecule has 0 saturated heterocycles. The molecule has 1 atom stereocenters. The van der Waals surface area contributed by atoms with E-state index in [1.807, 2.05) is 6.92 Å². The first-order valence-electron chi connectivity index (χ1n) is 9.27. The van der Waals surface area contributed by atoms with Crippen LogP contribution in [-0.4, -0.2) is 76.3 Å². The average Bonchev–Trinajstić information content (AvgIpc) is 2.51. The van der Waals surface area contributed by atoms with Gasteiger partial charge in [-0.05, 0) is 32.6 Å². The zero-order valence-corrected chi connectivity index (χ0v) is 16.7. The highest BCUT2D eigenvalue weighted by Crippen LogP contribution is 2.11. The minimum atomic E-state index is -3.84. The summed E-state index contributed by atoms with van der Waals surface area (Å²) >= 11 is 0. The molecule has 0 radical (unpaired) electrons. The van der Waals surface area contributed by atoms with Gasteiger partial charge in [0.25, 0.3) is 10.1 Å². The van der Waals surface area contributed by atoms with Gasteiger partial charge in [-0.25, -0.2) is 0 Å². The average molecular weight is 369 g/mol. The second-order valence-electron chi connectivity index (χ2n) is 6.65. The van der Waals surface area contributed by atoms with Crippen molar-refractivity contribution >= 4 is 10.1 Å². The summed E-state index contributed by atoms with van der Waals surface area (Å²) in [6.45, 7) is 9.74. The second-order valence-corrected chi connectivity index (χ2v) is 8.23. The molecule has 0 aliphatic heterocycles. The van der Waals surface area contributed by atoms with Gasteiger partial charge in [-0.1, -0.05) is 19.8 Å². The maximum atomic E-state index is 10.8. The number of likely N-dealkylation sites (N-methyl/N-ethyl adjacent to an activating group) is 1. The zero-order chi connectivity index (χ0) is 18.3. The first-order chi connectivity index (χ1) is 11.3. The Balaban J connectivity index is 4.16. The van der Waals surface area contributed by atoms with Crippen molar-refractivity contribution in [2.45, 2.75) is 52.4 Å². The Morgan fingerprint density at radius 3 is 2.04 bits per heavy atom. The normalized spacial score (nSPS) is 14.7. The van der Waals surface area contributed by atoms with Crippen LogP contribution in [0.1, 0.15) is 52.4 Å². The fraction of sp³-hybridized carbons (Fsp3) is 1.00. The van der Waals surface area contributed by atoms with Gasteiger partial charge in [-0.2, -0.15) is 8.42 Å². The van der Waals surface area contributed by atoms with Crippen molar-refractivity contribution in [3.8, 4) is 0 Å². The minimum Gasteiger partial charge on any atom is -0.379 e. The van der Waals surface area contributed by atoms with E-state index in [9.17, 15) is 8.42 Å². The lowest BCUT2D eigenvalue weighted by atomic mass is 10.1. The molecule has 0 heterocycles. The first-order valence-corrected chi connectivity index (χ1v) is 10.9. The molecule has 1 unspecified atom stereocenters. The summed E-state index contributed by atoms with van der Waals surface area (Å²) in [7, 11) is -1.63. The van der Waals surface area contributed by atoms with Gasteiger partial charge in [0.15, 0.2) is 0 Å². The third kappa shape index (κ3) is 15.3. The largest absolute Gasteiger partial charge is 0.379 e. The van der Waals surface area contributed by atoms with Gasteiger partial charge in [0.1, 0.15) is 6.54 Å². The second kappa shape index (κ2) is 14.0. The van der Waals surface area contributed by atoms with Crippen LogP contribution in [-0.2, 0) is 19.6 Å². The predicted octanol–water partition coefficient (Wildman–Crippen LogP) is 2.73. The molecule has 0 saturated carbocycles. The van der Waals surface area contributed by atoms with E-state index in [1.54, 1.807) is 0 Å². The molecule has 0 aromatic rings. The predicted molar refractivity (Wildman–Crippen MR) is 97.9 cm³/mol. The van der Waals surface area contributed by atoms with Crippen LogP contribution in [0.3, 0.4) is 0 Å². The first kappa shape index (κ1) is 23.8. The van der Waals surface area contributed by atoms with E-state index in [4.69, 9.17) is 14.0 Å². The lowest BCUT2D eigenvalue weighted by Gasteiger charge is -2.35.